The summed E-state index contributed by atoms with van der Waals surface area (Å²) in [7, 11) is 1.83. The van der Waals surface area contributed by atoms with Crippen LogP contribution in [-0.2, 0) is 17.8 Å². The highest BCUT2D eigenvalue weighted by atomic mass is 19.1. The van der Waals surface area contributed by atoms with E-state index in [2.05, 4.69) is 11.6 Å². The highest BCUT2D eigenvalue weighted by molar-refractivity contribution is 5.87. The SMILES string of the molecule is C=C(C(O)Cc1ccccc1)N(C)C1COCc2[nH]c(=O)c3cc(C)c(F)cc3c21. The fraction of sp³-hybridized carbons (Fsp3) is 0.292. The van der Waals surface area contributed by atoms with Gasteiger partial charge in [-0.2, -0.15) is 0 Å². The van der Waals surface area contributed by atoms with Crippen molar-refractivity contribution in [3.8, 4) is 0 Å². The number of nitrogens with one attached hydrogen (secondary N) is 1. The van der Waals surface area contributed by atoms with Crippen molar-refractivity contribution in [2.24, 2.45) is 0 Å². The molecule has 2 aromatic carbocycles. The molecule has 0 aliphatic carbocycles. The molecule has 5 nitrogen and oxygen atoms in total. The van der Waals surface area contributed by atoms with Crippen LogP contribution < -0.4 is 5.56 Å². The third-order valence-electron chi connectivity index (χ3n) is 5.86. The minimum atomic E-state index is -0.782. The first-order valence-corrected chi connectivity index (χ1v) is 9.93. The van der Waals surface area contributed by atoms with Crippen LogP contribution in [0, 0.1) is 12.7 Å². The number of aromatic amines is 1. The molecule has 0 radical (unpaired) electrons. The second kappa shape index (κ2) is 8.05. The maximum absolute atomic E-state index is 14.4. The van der Waals surface area contributed by atoms with Gasteiger partial charge in [0.2, 0.25) is 0 Å². The van der Waals surface area contributed by atoms with E-state index in [9.17, 15) is 14.3 Å². The van der Waals surface area contributed by atoms with Gasteiger partial charge in [0.25, 0.3) is 5.56 Å². The lowest BCUT2D eigenvalue weighted by Crippen LogP contribution is -2.36. The standard InChI is InChI=1S/C24H25FN2O3/c1-14-9-18-17(11-19(14)25)23-20(26-24(18)29)12-30-13-21(23)27(3)15(2)22(28)10-16-7-5-4-6-8-16/h4-9,11,21-22,28H,2,10,12-13H2,1,3H3,(H,26,29). The Morgan fingerprint density at radius 2 is 2.07 bits per heavy atom. The number of ether oxygens (including phenoxy) is 1. The van der Waals surface area contributed by atoms with E-state index in [-0.39, 0.29) is 24.0 Å². The van der Waals surface area contributed by atoms with Gasteiger partial charge in [-0.05, 0) is 35.6 Å². The van der Waals surface area contributed by atoms with Crippen molar-refractivity contribution in [1.29, 1.82) is 0 Å². The molecule has 1 aromatic heterocycles. The van der Waals surface area contributed by atoms with Gasteiger partial charge in [0.05, 0.1) is 25.4 Å². The van der Waals surface area contributed by atoms with Gasteiger partial charge in [0.1, 0.15) is 5.82 Å². The van der Waals surface area contributed by atoms with Crippen molar-refractivity contribution >= 4 is 10.8 Å². The minimum absolute atomic E-state index is 0.249. The number of hydrogen-bond acceptors (Lipinski definition) is 4. The minimum Gasteiger partial charge on any atom is -0.387 e. The molecule has 2 N–H and O–H groups in total. The van der Waals surface area contributed by atoms with E-state index in [0.717, 1.165) is 11.1 Å². The quantitative estimate of drug-likeness (QED) is 0.677. The molecule has 0 bridgehead atoms. The highest BCUT2D eigenvalue weighted by Crippen LogP contribution is 2.35. The molecular formula is C24H25FN2O3. The fourth-order valence-corrected chi connectivity index (χ4v) is 4.07. The summed E-state index contributed by atoms with van der Waals surface area (Å²) in [5.74, 6) is -0.355. The summed E-state index contributed by atoms with van der Waals surface area (Å²) >= 11 is 0. The molecule has 1 aliphatic heterocycles. The Hall–Kier alpha value is -2.96. The van der Waals surface area contributed by atoms with E-state index in [1.54, 1.807) is 13.0 Å². The Balaban J connectivity index is 1.71. The molecule has 2 heterocycles. The van der Waals surface area contributed by atoms with Crippen molar-refractivity contribution < 1.29 is 14.2 Å². The number of likely N-dealkylation sites (N-methyl/N-ethyl adjacent to an activating group) is 1. The molecule has 0 saturated heterocycles. The van der Waals surface area contributed by atoms with Crippen molar-refractivity contribution in [2.45, 2.75) is 32.1 Å². The second-order valence-corrected chi connectivity index (χ2v) is 7.83. The van der Waals surface area contributed by atoms with Crippen LogP contribution in [0.1, 0.15) is 28.4 Å². The number of halogens is 1. The molecule has 1 aliphatic rings. The van der Waals surface area contributed by atoms with Crippen molar-refractivity contribution in [1.82, 2.24) is 9.88 Å². The summed E-state index contributed by atoms with van der Waals surface area (Å²) in [6.45, 7) is 6.34. The normalized spacial score (nSPS) is 16.9. The molecule has 0 fully saturated rings. The maximum atomic E-state index is 14.4. The Bertz CT molecular complexity index is 1160. The van der Waals surface area contributed by atoms with Crippen LogP contribution in [-0.4, -0.2) is 34.7 Å². The molecule has 0 spiro atoms. The van der Waals surface area contributed by atoms with Crippen molar-refractivity contribution in [3.63, 3.8) is 0 Å². The summed E-state index contributed by atoms with van der Waals surface area (Å²) in [5, 5.41) is 11.8. The number of rotatable bonds is 5. The number of benzene rings is 2. The number of aliphatic hydroxyl groups excluding tert-OH is 1. The van der Waals surface area contributed by atoms with E-state index in [1.807, 2.05) is 42.3 Å². The molecule has 0 amide bonds. The van der Waals surface area contributed by atoms with E-state index in [1.165, 1.54) is 6.07 Å². The van der Waals surface area contributed by atoms with E-state index in [0.29, 0.717) is 40.8 Å². The van der Waals surface area contributed by atoms with Crippen LogP contribution in [0.15, 0.2) is 59.5 Å². The number of aryl methyl sites for hydroxylation is 1. The maximum Gasteiger partial charge on any atom is 0.256 e. The number of pyridine rings is 1. The monoisotopic (exact) mass is 408 g/mol. The topological polar surface area (TPSA) is 65.6 Å². The zero-order valence-corrected chi connectivity index (χ0v) is 17.1. The summed E-state index contributed by atoms with van der Waals surface area (Å²) in [4.78, 5) is 17.3. The number of aromatic nitrogens is 1. The number of hydrogen-bond donors (Lipinski definition) is 2. The number of aliphatic hydroxyl groups is 1. The summed E-state index contributed by atoms with van der Waals surface area (Å²) in [5.41, 5.74) is 3.14. The molecule has 30 heavy (non-hydrogen) atoms. The first-order chi connectivity index (χ1) is 14.4. The van der Waals surface area contributed by atoms with Crippen LogP contribution >= 0.6 is 0 Å². The average molecular weight is 408 g/mol. The zero-order chi connectivity index (χ0) is 21.4. The largest absolute Gasteiger partial charge is 0.387 e. The Morgan fingerprint density at radius 3 is 2.80 bits per heavy atom. The third kappa shape index (κ3) is 3.64. The first kappa shape index (κ1) is 20.3. The zero-order valence-electron chi connectivity index (χ0n) is 17.1. The molecule has 2 atom stereocenters. The van der Waals surface area contributed by atoms with Crippen LogP contribution in [0.25, 0.3) is 10.8 Å². The van der Waals surface area contributed by atoms with E-state index in [4.69, 9.17) is 4.74 Å². The van der Waals surface area contributed by atoms with Gasteiger partial charge in [-0.1, -0.05) is 36.9 Å². The molecular weight excluding hydrogens is 383 g/mol. The predicted molar refractivity (Wildman–Crippen MR) is 115 cm³/mol. The smallest absolute Gasteiger partial charge is 0.256 e. The summed E-state index contributed by atoms with van der Waals surface area (Å²) in [6.07, 6.45) is -0.347. The van der Waals surface area contributed by atoms with Crippen LogP contribution in [0.3, 0.4) is 0 Å². The molecule has 6 heteroatoms. The summed E-state index contributed by atoms with van der Waals surface area (Å²) < 4.78 is 20.1. The van der Waals surface area contributed by atoms with Gasteiger partial charge < -0.3 is 19.7 Å². The lowest BCUT2D eigenvalue weighted by Gasteiger charge is -2.37. The van der Waals surface area contributed by atoms with Gasteiger partial charge in [0, 0.05) is 35.8 Å². The third-order valence-corrected chi connectivity index (χ3v) is 5.86. The molecule has 2 unspecified atom stereocenters. The first-order valence-electron chi connectivity index (χ1n) is 9.93. The molecule has 3 aromatic rings. The second-order valence-electron chi connectivity index (χ2n) is 7.83. The van der Waals surface area contributed by atoms with Gasteiger partial charge in [0.15, 0.2) is 0 Å². The van der Waals surface area contributed by atoms with Crippen LogP contribution in [0.5, 0.6) is 0 Å². The molecule has 4 rings (SSSR count). The van der Waals surface area contributed by atoms with Crippen molar-refractivity contribution in [3.05, 3.63) is 93.3 Å². The van der Waals surface area contributed by atoms with Gasteiger partial charge in [-0.3, -0.25) is 4.79 Å². The van der Waals surface area contributed by atoms with Gasteiger partial charge >= 0.3 is 0 Å². The van der Waals surface area contributed by atoms with E-state index >= 15 is 0 Å². The van der Waals surface area contributed by atoms with E-state index < -0.39 is 6.10 Å². The fourth-order valence-electron chi connectivity index (χ4n) is 4.07. The van der Waals surface area contributed by atoms with Crippen LogP contribution in [0.4, 0.5) is 4.39 Å². The number of fused-ring (bicyclic) bond motifs is 3. The Labute approximate surface area is 174 Å². The lowest BCUT2D eigenvalue weighted by molar-refractivity contribution is 0.0413. The van der Waals surface area contributed by atoms with Gasteiger partial charge in [-0.25, -0.2) is 4.39 Å². The van der Waals surface area contributed by atoms with Gasteiger partial charge in [-0.15, -0.1) is 0 Å². The lowest BCUT2D eigenvalue weighted by atomic mass is 9.94. The number of H-pyrrole nitrogens is 1. The molecule has 0 saturated carbocycles. The predicted octanol–water partition coefficient (Wildman–Crippen LogP) is 3.60. The average Bonchev–Trinajstić information content (AvgIpc) is 2.74. The Kier molecular flexibility index (Phi) is 5.45. The number of nitrogens with zero attached hydrogens (tertiary/aromatic N) is 1. The van der Waals surface area contributed by atoms with Crippen molar-refractivity contribution in [2.75, 3.05) is 13.7 Å². The summed E-state index contributed by atoms with van der Waals surface area (Å²) in [6, 6.07) is 12.4. The Morgan fingerprint density at radius 1 is 1.33 bits per heavy atom. The molecule has 156 valence electrons. The highest BCUT2D eigenvalue weighted by Gasteiger charge is 2.30. The van der Waals surface area contributed by atoms with Crippen LogP contribution in [0.2, 0.25) is 0 Å².